The Hall–Kier alpha value is -2.35. The normalized spacial score (nSPS) is 10.8. The summed E-state index contributed by atoms with van der Waals surface area (Å²) in [6, 6.07) is 13.8. The molecule has 0 radical (unpaired) electrons. The molecule has 82 valence electrons. The first-order chi connectivity index (χ1) is 8.31. The summed E-state index contributed by atoms with van der Waals surface area (Å²) in [7, 11) is 0. The van der Waals surface area contributed by atoms with E-state index in [0.717, 1.165) is 21.8 Å². The van der Waals surface area contributed by atoms with E-state index in [0.29, 0.717) is 5.56 Å². The van der Waals surface area contributed by atoms with Gasteiger partial charge in [0.05, 0.1) is 5.52 Å². The first-order valence-electron chi connectivity index (χ1n) is 5.47. The first-order valence-corrected chi connectivity index (χ1v) is 5.47. The van der Waals surface area contributed by atoms with Crippen LogP contribution in [-0.4, -0.2) is 10.8 Å². The molecule has 0 fully saturated rings. The Morgan fingerprint density at radius 3 is 2.65 bits per heavy atom. The molecule has 0 saturated carbocycles. The van der Waals surface area contributed by atoms with E-state index >= 15 is 0 Å². The number of rotatable bonds is 2. The lowest BCUT2D eigenvalue weighted by Gasteiger charge is -1.97. The van der Waals surface area contributed by atoms with Gasteiger partial charge in [-0.15, -0.1) is 0 Å². The van der Waals surface area contributed by atoms with Crippen molar-refractivity contribution in [3.8, 4) is 0 Å². The second kappa shape index (κ2) is 3.59. The number of nitrogens with one attached hydrogen (secondary N) is 1. The van der Waals surface area contributed by atoms with Gasteiger partial charge >= 0.3 is 0 Å². The molecule has 2 nitrogen and oxygen atoms in total. The second-order valence-corrected chi connectivity index (χ2v) is 3.97. The zero-order valence-corrected chi connectivity index (χ0v) is 9.23. The van der Waals surface area contributed by atoms with Crippen molar-refractivity contribution in [2.24, 2.45) is 0 Å². The number of para-hydroxylation sites is 2. The molecule has 0 saturated heterocycles. The quantitative estimate of drug-likeness (QED) is 0.519. The highest BCUT2D eigenvalue weighted by Gasteiger charge is 2.10. The van der Waals surface area contributed by atoms with Crippen molar-refractivity contribution < 1.29 is 4.79 Å². The van der Waals surface area contributed by atoms with Gasteiger partial charge in [0, 0.05) is 21.9 Å². The van der Waals surface area contributed by atoms with E-state index in [1.165, 1.54) is 6.08 Å². The summed E-state index contributed by atoms with van der Waals surface area (Å²) in [5, 5.41) is 2.22. The van der Waals surface area contributed by atoms with E-state index in [2.05, 4.69) is 17.6 Å². The number of hydrogen-bond donors (Lipinski definition) is 1. The highest BCUT2D eigenvalue weighted by Crippen LogP contribution is 2.27. The molecule has 17 heavy (non-hydrogen) atoms. The molecular weight excluding hydrogens is 210 g/mol. The fraction of sp³-hybridized carbons (Fsp3) is 0. The Morgan fingerprint density at radius 1 is 1.06 bits per heavy atom. The molecule has 0 spiro atoms. The van der Waals surface area contributed by atoms with Gasteiger partial charge in [-0.25, -0.2) is 0 Å². The van der Waals surface area contributed by atoms with E-state index in [9.17, 15) is 4.79 Å². The van der Waals surface area contributed by atoms with Crippen LogP contribution in [0.25, 0.3) is 21.8 Å². The molecule has 0 unspecified atom stereocenters. The van der Waals surface area contributed by atoms with Crippen LogP contribution in [-0.2, 0) is 0 Å². The Balaban J connectivity index is 2.47. The minimum Gasteiger partial charge on any atom is -0.354 e. The summed E-state index contributed by atoms with van der Waals surface area (Å²) in [6.45, 7) is 3.53. The maximum atomic E-state index is 11.8. The lowest BCUT2D eigenvalue weighted by molar-refractivity contribution is 0.104. The monoisotopic (exact) mass is 221 g/mol. The predicted octanol–water partition coefficient (Wildman–Crippen LogP) is 3.69. The van der Waals surface area contributed by atoms with E-state index < -0.39 is 0 Å². The molecule has 0 atom stereocenters. The minimum absolute atomic E-state index is 0.0536. The minimum atomic E-state index is -0.0536. The van der Waals surface area contributed by atoms with Gasteiger partial charge in [0.2, 0.25) is 0 Å². The number of carbonyl (C=O) groups excluding carboxylic acids is 1. The van der Waals surface area contributed by atoms with Gasteiger partial charge in [0.1, 0.15) is 0 Å². The summed E-state index contributed by atoms with van der Waals surface area (Å²) < 4.78 is 0. The molecule has 0 aliphatic rings. The van der Waals surface area contributed by atoms with E-state index in [1.807, 2.05) is 36.4 Å². The van der Waals surface area contributed by atoms with Crippen molar-refractivity contribution in [1.82, 2.24) is 4.98 Å². The lowest BCUT2D eigenvalue weighted by atomic mass is 10.1. The molecule has 0 aliphatic carbocycles. The number of H-pyrrole nitrogens is 1. The molecule has 0 aliphatic heterocycles. The van der Waals surface area contributed by atoms with Crippen LogP contribution < -0.4 is 0 Å². The molecule has 1 aromatic heterocycles. The summed E-state index contributed by atoms with van der Waals surface area (Å²) in [4.78, 5) is 15.1. The average Bonchev–Trinajstić information content (AvgIpc) is 2.76. The number of hydrogen-bond acceptors (Lipinski definition) is 1. The fourth-order valence-electron chi connectivity index (χ4n) is 2.19. The van der Waals surface area contributed by atoms with Crippen molar-refractivity contribution >= 4 is 27.6 Å². The second-order valence-electron chi connectivity index (χ2n) is 3.97. The molecule has 0 bridgehead atoms. The Bertz CT molecular complexity index is 737. The average molecular weight is 221 g/mol. The number of allylic oxidation sites excluding steroid dienone is 1. The largest absolute Gasteiger partial charge is 0.354 e. The van der Waals surface area contributed by atoms with E-state index in [-0.39, 0.29) is 5.78 Å². The van der Waals surface area contributed by atoms with Crippen LogP contribution in [0.3, 0.4) is 0 Å². The molecule has 3 rings (SSSR count). The topological polar surface area (TPSA) is 32.9 Å². The van der Waals surface area contributed by atoms with Gasteiger partial charge in [-0.05, 0) is 18.2 Å². The van der Waals surface area contributed by atoms with Crippen LogP contribution in [0.1, 0.15) is 10.4 Å². The predicted molar refractivity (Wildman–Crippen MR) is 70.3 cm³/mol. The third-order valence-corrected chi connectivity index (χ3v) is 2.99. The molecule has 3 aromatic rings. The number of aromatic amines is 1. The highest BCUT2D eigenvalue weighted by atomic mass is 16.1. The Morgan fingerprint density at radius 2 is 1.82 bits per heavy atom. The fourth-order valence-corrected chi connectivity index (χ4v) is 2.19. The number of aromatic nitrogens is 1. The number of benzene rings is 2. The van der Waals surface area contributed by atoms with Crippen molar-refractivity contribution in [1.29, 1.82) is 0 Å². The third-order valence-electron chi connectivity index (χ3n) is 2.99. The summed E-state index contributed by atoms with van der Waals surface area (Å²) in [5.41, 5.74) is 2.61. The van der Waals surface area contributed by atoms with Crippen molar-refractivity contribution in [2.45, 2.75) is 0 Å². The number of ketones is 1. The third kappa shape index (κ3) is 1.38. The maximum Gasteiger partial charge on any atom is 0.187 e. The summed E-state index contributed by atoms with van der Waals surface area (Å²) in [5.74, 6) is -0.0536. The van der Waals surface area contributed by atoms with Gasteiger partial charge < -0.3 is 4.98 Å². The molecule has 2 heteroatoms. The van der Waals surface area contributed by atoms with Crippen LogP contribution >= 0.6 is 0 Å². The van der Waals surface area contributed by atoms with Crippen LogP contribution in [0.5, 0.6) is 0 Å². The van der Waals surface area contributed by atoms with Crippen LogP contribution in [0.4, 0.5) is 0 Å². The van der Waals surface area contributed by atoms with Gasteiger partial charge in [-0.2, -0.15) is 0 Å². The van der Waals surface area contributed by atoms with E-state index in [4.69, 9.17) is 0 Å². The van der Waals surface area contributed by atoms with Crippen LogP contribution in [0.2, 0.25) is 0 Å². The van der Waals surface area contributed by atoms with E-state index in [1.54, 1.807) is 0 Å². The van der Waals surface area contributed by atoms with Gasteiger partial charge in [-0.1, -0.05) is 36.9 Å². The molecule has 0 amide bonds. The zero-order chi connectivity index (χ0) is 11.8. The highest BCUT2D eigenvalue weighted by molar-refractivity contribution is 6.18. The van der Waals surface area contributed by atoms with Crippen molar-refractivity contribution in [3.05, 3.63) is 60.7 Å². The Labute approximate surface area is 98.6 Å². The first kappa shape index (κ1) is 9.85. The number of fused-ring (bicyclic) bond motifs is 3. The zero-order valence-electron chi connectivity index (χ0n) is 9.23. The lowest BCUT2D eigenvalue weighted by Crippen LogP contribution is -1.94. The molecular formula is C15H11NO. The van der Waals surface area contributed by atoms with Crippen molar-refractivity contribution in [2.75, 3.05) is 0 Å². The maximum absolute atomic E-state index is 11.8. The van der Waals surface area contributed by atoms with Crippen LogP contribution in [0, 0.1) is 0 Å². The summed E-state index contributed by atoms with van der Waals surface area (Å²) in [6.07, 6.45) is 1.35. The van der Waals surface area contributed by atoms with Gasteiger partial charge in [0.25, 0.3) is 0 Å². The van der Waals surface area contributed by atoms with Gasteiger partial charge in [-0.3, -0.25) is 4.79 Å². The molecule has 2 aromatic carbocycles. The number of carbonyl (C=O) groups is 1. The van der Waals surface area contributed by atoms with Gasteiger partial charge in [0.15, 0.2) is 5.78 Å². The van der Waals surface area contributed by atoms with Crippen molar-refractivity contribution in [3.63, 3.8) is 0 Å². The Kier molecular flexibility index (Phi) is 2.08. The smallest absolute Gasteiger partial charge is 0.187 e. The summed E-state index contributed by atoms with van der Waals surface area (Å²) >= 11 is 0. The SMILES string of the molecule is C=CC(=O)c1cccc2c1[nH]c1ccccc12. The van der Waals surface area contributed by atoms with Crippen LogP contribution in [0.15, 0.2) is 55.1 Å². The molecule has 1 N–H and O–H groups in total. The molecule has 1 heterocycles. The standard InChI is InChI=1S/C15H11NO/c1-2-14(17)12-8-5-7-11-10-6-3-4-9-13(10)16-15(11)12/h2-9,16H,1H2.